The zero-order valence-corrected chi connectivity index (χ0v) is 16.5. The highest BCUT2D eigenvalue weighted by Crippen LogP contribution is 2.18. The lowest BCUT2D eigenvalue weighted by Crippen LogP contribution is -2.56. The Balaban J connectivity index is 1.54. The molecule has 146 valence electrons. The molecule has 0 spiro atoms. The van der Waals surface area contributed by atoms with Crippen LogP contribution in [0.3, 0.4) is 0 Å². The van der Waals surface area contributed by atoms with Crippen molar-refractivity contribution >= 4 is 11.7 Å². The maximum Gasteiger partial charge on any atom is 0.255 e. The van der Waals surface area contributed by atoms with Gasteiger partial charge in [-0.1, -0.05) is 6.92 Å². The van der Waals surface area contributed by atoms with Gasteiger partial charge < -0.3 is 15.2 Å². The number of hydrogen-bond acceptors (Lipinski definition) is 5. The third-order valence-corrected chi connectivity index (χ3v) is 5.22. The van der Waals surface area contributed by atoms with Crippen molar-refractivity contribution in [2.45, 2.75) is 45.7 Å². The van der Waals surface area contributed by atoms with Gasteiger partial charge in [0.25, 0.3) is 5.91 Å². The second-order valence-electron chi connectivity index (χ2n) is 7.33. The molecule has 1 unspecified atom stereocenters. The summed E-state index contributed by atoms with van der Waals surface area (Å²) in [6.07, 6.45) is 7.08. The Kier molecular flexibility index (Phi) is 6.45. The molecule has 0 saturated carbocycles. The van der Waals surface area contributed by atoms with E-state index in [2.05, 4.69) is 45.9 Å². The number of aromatic nitrogens is 3. The second-order valence-corrected chi connectivity index (χ2v) is 7.33. The zero-order chi connectivity index (χ0) is 19.2. The molecule has 2 N–H and O–H groups in total. The first-order valence-corrected chi connectivity index (χ1v) is 9.80. The number of imidazole rings is 1. The van der Waals surface area contributed by atoms with Crippen molar-refractivity contribution in [3.05, 3.63) is 42.1 Å². The first kappa shape index (κ1) is 19.4. The van der Waals surface area contributed by atoms with E-state index in [1.165, 1.54) is 0 Å². The molecule has 1 saturated heterocycles. The van der Waals surface area contributed by atoms with Crippen molar-refractivity contribution in [2.24, 2.45) is 0 Å². The van der Waals surface area contributed by atoms with E-state index in [9.17, 15) is 4.79 Å². The van der Waals surface area contributed by atoms with E-state index in [1.807, 2.05) is 23.2 Å². The van der Waals surface area contributed by atoms with Crippen LogP contribution >= 0.6 is 0 Å². The lowest BCUT2D eigenvalue weighted by molar-refractivity contribution is 0.0371. The normalized spacial score (nSPS) is 18.1. The van der Waals surface area contributed by atoms with Crippen LogP contribution in [0.25, 0.3) is 0 Å². The quantitative estimate of drug-likeness (QED) is 0.783. The highest BCUT2D eigenvalue weighted by Gasteiger charge is 2.30. The molecule has 0 radical (unpaired) electrons. The molecular formula is C20H30N6O. The summed E-state index contributed by atoms with van der Waals surface area (Å²) < 4.78 is 0. The van der Waals surface area contributed by atoms with Crippen LogP contribution < -0.4 is 5.32 Å². The van der Waals surface area contributed by atoms with E-state index in [4.69, 9.17) is 0 Å². The molecule has 2 aromatic rings. The topological polar surface area (TPSA) is 77.1 Å². The molecule has 0 aromatic carbocycles. The Morgan fingerprint density at radius 3 is 2.81 bits per heavy atom. The van der Waals surface area contributed by atoms with Gasteiger partial charge in [-0.2, -0.15) is 0 Å². The van der Waals surface area contributed by atoms with Gasteiger partial charge in [0.2, 0.25) is 0 Å². The Morgan fingerprint density at radius 2 is 2.19 bits per heavy atom. The molecule has 1 aliphatic rings. The van der Waals surface area contributed by atoms with Gasteiger partial charge in [0.15, 0.2) is 0 Å². The summed E-state index contributed by atoms with van der Waals surface area (Å²) in [6.45, 7) is 9.90. The molecule has 1 fully saturated rings. The molecule has 0 bridgehead atoms. The van der Waals surface area contributed by atoms with Crippen LogP contribution in [-0.4, -0.2) is 68.9 Å². The third-order valence-electron chi connectivity index (χ3n) is 5.22. The summed E-state index contributed by atoms with van der Waals surface area (Å²) in [5.41, 5.74) is 1.74. The fourth-order valence-electron chi connectivity index (χ4n) is 3.65. The van der Waals surface area contributed by atoms with E-state index < -0.39 is 0 Å². The fraction of sp³-hybridized carbons (Fsp3) is 0.550. The molecule has 1 amide bonds. The predicted molar refractivity (Wildman–Crippen MR) is 107 cm³/mol. The standard InChI is InChI=1S/C20H30N6O/c1-4-18-13-25(9-10-26(18)15(2)3)20(27)16-5-6-19(23-11-16)22-8-7-17-12-21-14-24-17/h5-6,11-12,14-15,18H,4,7-10,13H2,1-3H3,(H,21,24)(H,22,23). The number of pyridine rings is 1. The van der Waals surface area contributed by atoms with Crippen molar-refractivity contribution in [3.63, 3.8) is 0 Å². The monoisotopic (exact) mass is 370 g/mol. The summed E-state index contributed by atoms with van der Waals surface area (Å²) in [6, 6.07) is 4.69. The number of hydrogen-bond donors (Lipinski definition) is 2. The summed E-state index contributed by atoms with van der Waals surface area (Å²) >= 11 is 0. The number of nitrogens with one attached hydrogen (secondary N) is 2. The van der Waals surface area contributed by atoms with E-state index in [-0.39, 0.29) is 5.91 Å². The number of amides is 1. The van der Waals surface area contributed by atoms with E-state index in [0.717, 1.165) is 50.5 Å². The number of H-pyrrole nitrogens is 1. The van der Waals surface area contributed by atoms with Gasteiger partial charge in [-0.05, 0) is 32.4 Å². The maximum absolute atomic E-state index is 12.9. The number of rotatable bonds is 7. The largest absolute Gasteiger partial charge is 0.370 e. The van der Waals surface area contributed by atoms with Crippen LogP contribution in [0.15, 0.2) is 30.9 Å². The SMILES string of the molecule is CCC1CN(C(=O)c2ccc(NCCc3cnc[nH]3)nc2)CCN1C(C)C. The molecular weight excluding hydrogens is 340 g/mol. The summed E-state index contributed by atoms with van der Waals surface area (Å²) in [5, 5.41) is 3.27. The smallest absolute Gasteiger partial charge is 0.255 e. The van der Waals surface area contributed by atoms with E-state index >= 15 is 0 Å². The highest BCUT2D eigenvalue weighted by molar-refractivity contribution is 5.94. The van der Waals surface area contributed by atoms with Gasteiger partial charge in [-0.3, -0.25) is 9.69 Å². The van der Waals surface area contributed by atoms with Crippen molar-refractivity contribution in [3.8, 4) is 0 Å². The average molecular weight is 371 g/mol. The highest BCUT2D eigenvalue weighted by atomic mass is 16.2. The minimum atomic E-state index is 0.0772. The Hall–Kier alpha value is -2.41. The van der Waals surface area contributed by atoms with Crippen molar-refractivity contribution in [1.82, 2.24) is 24.8 Å². The van der Waals surface area contributed by atoms with E-state index in [0.29, 0.717) is 17.6 Å². The van der Waals surface area contributed by atoms with Gasteiger partial charge >= 0.3 is 0 Å². The molecule has 3 rings (SSSR count). The van der Waals surface area contributed by atoms with Gasteiger partial charge in [0.1, 0.15) is 5.82 Å². The van der Waals surface area contributed by atoms with Crippen LogP contribution in [0.4, 0.5) is 5.82 Å². The van der Waals surface area contributed by atoms with Gasteiger partial charge in [-0.25, -0.2) is 9.97 Å². The first-order valence-electron chi connectivity index (χ1n) is 9.80. The molecule has 0 aliphatic carbocycles. The minimum Gasteiger partial charge on any atom is -0.370 e. The van der Waals surface area contributed by atoms with Crippen LogP contribution in [0, 0.1) is 0 Å². The molecule has 3 heterocycles. The van der Waals surface area contributed by atoms with Crippen molar-refractivity contribution in [1.29, 1.82) is 0 Å². The van der Waals surface area contributed by atoms with Crippen LogP contribution in [0.1, 0.15) is 43.2 Å². The van der Waals surface area contributed by atoms with Gasteiger partial charge in [0.05, 0.1) is 11.9 Å². The molecule has 27 heavy (non-hydrogen) atoms. The third kappa shape index (κ3) is 4.86. The molecule has 7 heteroatoms. The minimum absolute atomic E-state index is 0.0772. The van der Waals surface area contributed by atoms with Gasteiger partial charge in [0, 0.05) is 62.8 Å². The maximum atomic E-state index is 12.9. The van der Waals surface area contributed by atoms with Crippen molar-refractivity contribution < 1.29 is 4.79 Å². The number of nitrogens with zero attached hydrogens (tertiary/aromatic N) is 4. The summed E-state index contributed by atoms with van der Waals surface area (Å²) in [5.74, 6) is 0.857. The number of piperazine rings is 1. The van der Waals surface area contributed by atoms with Gasteiger partial charge in [-0.15, -0.1) is 0 Å². The summed E-state index contributed by atoms with van der Waals surface area (Å²) in [7, 11) is 0. The second kappa shape index (κ2) is 8.99. The van der Waals surface area contributed by atoms with Crippen molar-refractivity contribution in [2.75, 3.05) is 31.5 Å². The molecule has 1 atom stereocenters. The summed E-state index contributed by atoms with van der Waals surface area (Å²) in [4.78, 5) is 28.8. The lowest BCUT2D eigenvalue weighted by atomic mass is 10.1. The average Bonchev–Trinajstić information content (AvgIpc) is 3.21. The van der Waals surface area contributed by atoms with Crippen LogP contribution in [0.5, 0.6) is 0 Å². The van der Waals surface area contributed by atoms with Crippen LogP contribution in [-0.2, 0) is 6.42 Å². The predicted octanol–water partition coefficient (Wildman–Crippen LogP) is 2.40. The Morgan fingerprint density at radius 1 is 1.33 bits per heavy atom. The first-order chi connectivity index (χ1) is 13.1. The molecule has 1 aliphatic heterocycles. The molecule has 2 aromatic heterocycles. The Bertz CT molecular complexity index is 713. The number of aromatic amines is 1. The van der Waals surface area contributed by atoms with Crippen LogP contribution in [0.2, 0.25) is 0 Å². The zero-order valence-electron chi connectivity index (χ0n) is 16.5. The van der Waals surface area contributed by atoms with E-state index in [1.54, 1.807) is 12.5 Å². The lowest BCUT2D eigenvalue weighted by Gasteiger charge is -2.43. The number of carbonyl (C=O) groups is 1. The fourth-order valence-corrected chi connectivity index (χ4v) is 3.65. The Labute approximate surface area is 161 Å². The number of carbonyl (C=O) groups excluding carboxylic acids is 1. The number of anilines is 1. The molecule has 7 nitrogen and oxygen atoms in total.